The number of rotatable bonds is 4. The Morgan fingerprint density at radius 3 is 2.72 bits per heavy atom. The third-order valence-electron chi connectivity index (χ3n) is 3.21. The van der Waals surface area contributed by atoms with Gasteiger partial charge in [0.1, 0.15) is 5.01 Å². The Bertz CT molecular complexity index is 531. The van der Waals surface area contributed by atoms with E-state index in [4.69, 9.17) is 0 Å². The molecule has 1 N–H and O–H groups in total. The van der Waals surface area contributed by atoms with Crippen LogP contribution in [0, 0.1) is 13.8 Å². The Hall–Kier alpha value is -1.19. The van der Waals surface area contributed by atoms with E-state index < -0.39 is 0 Å². The van der Waals surface area contributed by atoms with Crippen LogP contribution in [-0.2, 0) is 0 Å². The van der Waals surface area contributed by atoms with Gasteiger partial charge < -0.3 is 5.32 Å². The number of benzene rings is 1. The Labute approximate surface area is 113 Å². The molecule has 0 radical (unpaired) electrons. The molecular weight excluding hydrogens is 240 g/mol. The summed E-state index contributed by atoms with van der Waals surface area (Å²) in [4.78, 5) is 5.84. The fourth-order valence-electron chi connectivity index (χ4n) is 1.90. The van der Waals surface area contributed by atoms with Gasteiger partial charge in [-0.25, -0.2) is 4.98 Å². The van der Waals surface area contributed by atoms with Crippen molar-refractivity contribution in [3.63, 3.8) is 0 Å². The molecule has 1 unspecified atom stereocenters. The summed E-state index contributed by atoms with van der Waals surface area (Å²) in [5.74, 6) is 0. The number of nitrogens with zero attached hydrogens (tertiary/aromatic N) is 1. The lowest BCUT2D eigenvalue weighted by molar-refractivity contribution is 0.606. The van der Waals surface area contributed by atoms with Crippen LogP contribution in [0.5, 0.6) is 0 Å². The molecule has 1 aromatic heterocycles. The van der Waals surface area contributed by atoms with E-state index in [1.807, 2.05) is 6.20 Å². The van der Waals surface area contributed by atoms with Crippen LogP contribution in [0.4, 0.5) is 0 Å². The van der Waals surface area contributed by atoms with Gasteiger partial charge in [0.25, 0.3) is 0 Å². The van der Waals surface area contributed by atoms with Crippen molar-refractivity contribution in [2.24, 2.45) is 0 Å². The van der Waals surface area contributed by atoms with E-state index in [9.17, 15) is 0 Å². The van der Waals surface area contributed by atoms with Gasteiger partial charge in [-0.2, -0.15) is 0 Å². The van der Waals surface area contributed by atoms with Gasteiger partial charge in [0, 0.05) is 22.7 Å². The molecule has 0 saturated heterocycles. The molecule has 0 fully saturated rings. The van der Waals surface area contributed by atoms with E-state index in [-0.39, 0.29) is 0 Å². The summed E-state index contributed by atoms with van der Waals surface area (Å²) in [6.07, 6.45) is 1.99. The average molecular weight is 260 g/mol. The standard InChI is InChI=1S/C15H20N2S/c1-5-16-12(4)14-9-17-15(18-14)13-7-6-10(2)11(3)8-13/h6-9,12,16H,5H2,1-4H3. The van der Waals surface area contributed by atoms with Gasteiger partial charge in [-0.15, -0.1) is 11.3 Å². The fourth-order valence-corrected chi connectivity index (χ4v) is 2.84. The first-order valence-electron chi connectivity index (χ1n) is 6.38. The van der Waals surface area contributed by atoms with Crippen molar-refractivity contribution in [2.75, 3.05) is 6.54 Å². The summed E-state index contributed by atoms with van der Waals surface area (Å²) in [6.45, 7) is 9.58. The Kier molecular flexibility index (Phi) is 4.15. The smallest absolute Gasteiger partial charge is 0.123 e. The van der Waals surface area contributed by atoms with Crippen LogP contribution >= 0.6 is 11.3 Å². The van der Waals surface area contributed by atoms with Crippen LogP contribution < -0.4 is 5.32 Å². The first-order valence-corrected chi connectivity index (χ1v) is 7.20. The van der Waals surface area contributed by atoms with Crippen molar-refractivity contribution >= 4 is 11.3 Å². The first-order chi connectivity index (χ1) is 8.61. The summed E-state index contributed by atoms with van der Waals surface area (Å²) in [5, 5.41) is 4.53. The molecule has 1 aromatic carbocycles. The molecular formula is C15H20N2S. The van der Waals surface area contributed by atoms with Crippen molar-refractivity contribution in [1.82, 2.24) is 10.3 Å². The molecule has 96 valence electrons. The number of aryl methyl sites for hydroxylation is 2. The molecule has 1 atom stereocenters. The van der Waals surface area contributed by atoms with Gasteiger partial charge in [0.15, 0.2) is 0 Å². The van der Waals surface area contributed by atoms with Gasteiger partial charge >= 0.3 is 0 Å². The molecule has 18 heavy (non-hydrogen) atoms. The average Bonchev–Trinajstić information content (AvgIpc) is 2.82. The lowest BCUT2D eigenvalue weighted by Crippen LogP contribution is -2.16. The molecule has 3 heteroatoms. The molecule has 0 saturated carbocycles. The highest BCUT2D eigenvalue weighted by Crippen LogP contribution is 2.29. The minimum atomic E-state index is 0.382. The zero-order chi connectivity index (χ0) is 13.1. The van der Waals surface area contributed by atoms with Crippen LogP contribution in [0.25, 0.3) is 10.6 Å². The van der Waals surface area contributed by atoms with E-state index in [2.05, 4.69) is 56.2 Å². The molecule has 2 aromatic rings. The van der Waals surface area contributed by atoms with Crippen molar-refractivity contribution in [1.29, 1.82) is 0 Å². The lowest BCUT2D eigenvalue weighted by Gasteiger charge is -2.08. The molecule has 0 aliphatic rings. The van der Waals surface area contributed by atoms with Gasteiger partial charge in [0.05, 0.1) is 0 Å². The number of aromatic nitrogens is 1. The second-order valence-corrected chi connectivity index (χ2v) is 5.71. The maximum absolute atomic E-state index is 4.54. The molecule has 2 rings (SSSR count). The quantitative estimate of drug-likeness (QED) is 0.895. The molecule has 0 aliphatic heterocycles. The summed E-state index contributed by atoms with van der Waals surface area (Å²) in [6, 6.07) is 6.92. The zero-order valence-corrected chi connectivity index (χ0v) is 12.3. The maximum atomic E-state index is 4.54. The van der Waals surface area contributed by atoms with Crippen LogP contribution in [0.15, 0.2) is 24.4 Å². The molecule has 1 heterocycles. The predicted octanol–water partition coefficient (Wildman–Crippen LogP) is 4.10. The second kappa shape index (κ2) is 5.63. The summed E-state index contributed by atoms with van der Waals surface area (Å²) in [5.41, 5.74) is 3.87. The molecule has 2 nitrogen and oxygen atoms in total. The van der Waals surface area contributed by atoms with Crippen LogP contribution in [0.3, 0.4) is 0 Å². The number of nitrogens with one attached hydrogen (secondary N) is 1. The summed E-state index contributed by atoms with van der Waals surface area (Å²) < 4.78 is 0. The molecule has 0 aliphatic carbocycles. The van der Waals surface area contributed by atoms with Gasteiger partial charge in [-0.1, -0.05) is 19.1 Å². The fraction of sp³-hybridized carbons (Fsp3) is 0.400. The van der Waals surface area contributed by atoms with Crippen LogP contribution in [-0.4, -0.2) is 11.5 Å². The topological polar surface area (TPSA) is 24.9 Å². The maximum Gasteiger partial charge on any atom is 0.123 e. The van der Waals surface area contributed by atoms with Crippen molar-refractivity contribution in [3.8, 4) is 10.6 Å². The highest BCUT2D eigenvalue weighted by atomic mass is 32.1. The molecule has 0 amide bonds. The van der Waals surface area contributed by atoms with Gasteiger partial charge in [0.2, 0.25) is 0 Å². The van der Waals surface area contributed by atoms with Gasteiger partial charge in [-0.05, 0) is 44.5 Å². The number of hydrogen-bond donors (Lipinski definition) is 1. The van der Waals surface area contributed by atoms with Crippen molar-refractivity contribution in [2.45, 2.75) is 33.7 Å². The minimum absolute atomic E-state index is 0.382. The largest absolute Gasteiger partial charge is 0.310 e. The first kappa shape index (κ1) is 13.2. The highest BCUT2D eigenvalue weighted by molar-refractivity contribution is 7.15. The SMILES string of the molecule is CCNC(C)c1cnc(-c2ccc(C)c(C)c2)s1. The third-order valence-corrected chi connectivity index (χ3v) is 4.44. The van der Waals surface area contributed by atoms with E-state index >= 15 is 0 Å². The lowest BCUT2D eigenvalue weighted by atomic mass is 10.1. The minimum Gasteiger partial charge on any atom is -0.310 e. The van der Waals surface area contributed by atoms with Crippen LogP contribution in [0.2, 0.25) is 0 Å². The summed E-state index contributed by atoms with van der Waals surface area (Å²) in [7, 11) is 0. The third kappa shape index (κ3) is 2.79. The second-order valence-electron chi connectivity index (χ2n) is 4.65. The Morgan fingerprint density at radius 1 is 1.28 bits per heavy atom. The predicted molar refractivity (Wildman–Crippen MR) is 79.1 cm³/mol. The van der Waals surface area contributed by atoms with Gasteiger partial charge in [-0.3, -0.25) is 0 Å². The van der Waals surface area contributed by atoms with Crippen molar-refractivity contribution < 1.29 is 0 Å². The number of hydrogen-bond acceptors (Lipinski definition) is 3. The normalized spacial score (nSPS) is 12.7. The zero-order valence-electron chi connectivity index (χ0n) is 11.4. The molecule has 0 spiro atoms. The van der Waals surface area contributed by atoms with Crippen molar-refractivity contribution in [3.05, 3.63) is 40.4 Å². The van der Waals surface area contributed by atoms with E-state index in [1.54, 1.807) is 11.3 Å². The number of thiazole rings is 1. The molecule has 0 bridgehead atoms. The Morgan fingerprint density at radius 2 is 2.06 bits per heavy atom. The van der Waals surface area contributed by atoms with E-state index in [1.165, 1.54) is 21.6 Å². The summed E-state index contributed by atoms with van der Waals surface area (Å²) >= 11 is 1.77. The van der Waals surface area contributed by atoms with Crippen LogP contribution in [0.1, 0.15) is 35.9 Å². The Balaban J connectivity index is 2.26. The highest BCUT2D eigenvalue weighted by Gasteiger charge is 2.10. The van der Waals surface area contributed by atoms with E-state index in [0.29, 0.717) is 6.04 Å². The monoisotopic (exact) mass is 260 g/mol. The van der Waals surface area contributed by atoms with E-state index in [0.717, 1.165) is 11.6 Å².